The summed E-state index contributed by atoms with van der Waals surface area (Å²) >= 11 is 3.33. The summed E-state index contributed by atoms with van der Waals surface area (Å²) in [6.07, 6.45) is 0. The standard InChI is InChI=1S/C14H21BrN2O2S/c1-14(2,3)16-8-10-17(11-9-16)20(18,19)13-7-5-4-6-12(13)15/h4-7H,8-11H2,1-3H3. The first-order valence-electron chi connectivity index (χ1n) is 6.72. The Morgan fingerprint density at radius 1 is 1.05 bits per heavy atom. The number of rotatable bonds is 2. The molecule has 0 unspecified atom stereocenters. The lowest BCUT2D eigenvalue weighted by Crippen LogP contribution is -2.54. The van der Waals surface area contributed by atoms with Gasteiger partial charge in [-0.25, -0.2) is 8.42 Å². The lowest BCUT2D eigenvalue weighted by molar-refractivity contribution is 0.0921. The second-order valence-corrected chi connectivity index (χ2v) is 8.75. The zero-order chi connectivity index (χ0) is 15.0. The highest BCUT2D eigenvalue weighted by Gasteiger charge is 2.32. The van der Waals surface area contributed by atoms with E-state index in [9.17, 15) is 8.42 Å². The predicted molar refractivity (Wildman–Crippen MR) is 84.2 cm³/mol. The maximum atomic E-state index is 12.6. The summed E-state index contributed by atoms with van der Waals surface area (Å²) in [4.78, 5) is 2.67. The molecule has 1 aromatic carbocycles. The highest BCUT2D eigenvalue weighted by atomic mass is 79.9. The van der Waals surface area contributed by atoms with Crippen molar-refractivity contribution in [1.29, 1.82) is 0 Å². The summed E-state index contributed by atoms with van der Waals surface area (Å²) in [6.45, 7) is 9.10. The van der Waals surface area contributed by atoms with E-state index in [0.29, 0.717) is 22.5 Å². The highest BCUT2D eigenvalue weighted by molar-refractivity contribution is 9.10. The van der Waals surface area contributed by atoms with Crippen molar-refractivity contribution in [1.82, 2.24) is 9.21 Å². The molecule has 4 nitrogen and oxygen atoms in total. The Morgan fingerprint density at radius 2 is 1.60 bits per heavy atom. The molecular weight excluding hydrogens is 340 g/mol. The SMILES string of the molecule is CC(C)(C)N1CCN(S(=O)(=O)c2ccccc2Br)CC1. The van der Waals surface area contributed by atoms with Crippen LogP contribution in [0.4, 0.5) is 0 Å². The fraction of sp³-hybridized carbons (Fsp3) is 0.571. The molecule has 1 aliphatic heterocycles. The number of sulfonamides is 1. The molecule has 1 heterocycles. The summed E-state index contributed by atoms with van der Waals surface area (Å²) < 4.78 is 27.5. The Morgan fingerprint density at radius 3 is 2.10 bits per heavy atom. The van der Waals surface area contributed by atoms with E-state index < -0.39 is 10.0 Å². The van der Waals surface area contributed by atoms with Crippen molar-refractivity contribution in [3.8, 4) is 0 Å². The number of piperazine rings is 1. The lowest BCUT2D eigenvalue weighted by Gasteiger charge is -2.41. The molecule has 0 spiro atoms. The molecular formula is C14H21BrN2O2S. The van der Waals surface area contributed by atoms with Crippen LogP contribution in [0.3, 0.4) is 0 Å². The number of nitrogens with zero attached hydrogens (tertiary/aromatic N) is 2. The molecule has 20 heavy (non-hydrogen) atoms. The van der Waals surface area contributed by atoms with Crippen molar-refractivity contribution in [3.05, 3.63) is 28.7 Å². The molecule has 112 valence electrons. The van der Waals surface area contributed by atoms with E-state index in [2.05, 4.69) is 41.6 Å². The van der Waals surface area contributed by atoms with Crippen LogP contribution in [0.2, 0.25) is 0 Å². The molecule has 0 amide bonds. The lowest BCUT2D eigenvalue weighted by atomic mass is 10.1. The average molecular weight is 361 g/mol. The highest BCUT2D eigenvalue weighted by Crippen LogP contribution is 2.26. The first-order valence-corrected chi connectivity index (χ1v) is 8.96. The summed E-state index contributed by atoms with van der Waals surface area (Å²) in [7, 11) is -3.40. The second-order valence-electron chi connectivity index (χ2n) is 5.99. The quantitative estimate of drug-likeness (QED) is 0.813. The predicted octanol–water partition coefficient (Wildman–Crippen LogP) is 2.55. The van der Waals surface area contributed by atoms with Gasteiger partial charge in [-0.2, -0.15) is 4.31 Å². The maximum Gasteiger partial charge on any atom is 0.244 e. The van der Waals surface area contributed by atoms with Gasteiger partial charge in [-0.3, -0.25) is 4.90 Å². The third-order valence-electron chi connectivity index (χ3n) is 3.64. The molecule has 6 heteroatoms. The summed E-state index contributed by atoms with van der Waals surface area (Å²) in [5.41, 5.74) is 0.0865. The minimum absolute atomic E-state index is 0.0865. The van der Waals surface area contributed by atoms with Gasteiger partial charge in [-0.15, -0.1) is 0 Å². The van der Waals surface area contributed by atoms with Crippen LogP contribution >= 0.6 is 15.9 Å². The smallest absolute Gasteiger partial charge is 0.244 e. The normalized spacial score (nSPS) is 19.2. The number of hydrogen-bond acceptors (Lipinski definition) is 3. The third-order valence-corrected chi connectivity index (χ3v) is 6.55. The van der Waals surface area contributed by atoms with Crippen molar-refractivity contribution in [2.45, 2.75) is 31.2 Å². The van der Waals surface area contributed by atoms with Crippen LogP contribution in [0.1, 0.15) is 20.8 Å². The maximum absolute atomic E-state index is 12.6. The Bertz CT molecular complexity index is 573. The van der Waals surface area contributed by atoms with Gasteiger partial charge in [0.25, 0.3) is 0 Å². The number of hydrogen-bond donors (Lipinski definition) is 0. The summed E-state index contributed by atoms with van der Waals surface area (Å²) in [6, 6.07) is 6.98. The van der Waals surface area contributed by atoms with E-state index in [1.807, 2.05) is 6.07 Å². The van der Waals surface area contributed by atoms with Crippen LogP contribution in [0.25, 0.3) is 0 Å². The van der Waals surface area contributed by atoms with E-state index in [4.69, 9.17) is 0 Å². The first kappa shape index (κ1) is 15.9. The van der Waals surface area contributed by atoms with Crippen LogP contribution in [0, 0.1) is 0 Å². The fourth-order valence-corrected chi connectivity index (χ4v) is 4.78. The molecule has 0 bridgehead atoms. The van der Waals surface area contributed by atoms with Crippen molar-refractivity contribution in [3.63, 3.8) is 0 Å². The van der Waals surface area contributed by atoms with Gasteiger partial charge in [0.2, 0.25) is 10.0 Å². The number of halogens is 1. The zero-order valence-corrected chi connectivity index (χ0v) is 14.5. The van der Waals surface area contributed by atoms with Crippen LogP contribution in [0.15, 0.2) is 33.6 Å². The molecule has 0 saturated carbocycles. The van der Waals surface area contributed by atoms with Gasteiger partial charge in [-0.05, 0) is 48.8 Å². The average Bonchev–Trinajstić information content (AvgIpc) is 2.38. The monoisotopic (exact) mass is 360 g/mol. The molecule has 1 aliphatic rings. The summed E-state index contributed by atoms with van der Waals surface area (Å²) in [5.74, 6) is 0. The van der Waals surface area contributed by atoms with Gasteiger partial charge in [0, 0.05) is 36.2 Å². The summed E-state index contributed by atoms with van der Waals surface area (Å²) in [5, 5.41) is 0. The van der Waals surface area contributed by atoms with Gasteiger partial charge < -0.3 is 0 Å². The topological polar surface area (TPSA) is 40.6 Å². The molecule has 0 N–H and O–H groups in total. The molecule has 1 fully saturated rings. The van der Waals surface area contributed by atoms with Crippen LogP contribution in [-0.2, 0) is 10.0 Å². The van der Waals surface area contributed by atoms with E-state index in [0.717, 1.165) is 13.1 Å². The Balaban J connectivity index is 2.16. The van der Waals surface area contributed by atoms with Gasteiger partial charge in [0.05, 0.1) is 4.90 Å². The van der Waals surface area contributed by atoms with E-state index in [1.54, 1.807) is 22.5 Å². The second kappa shape index (κ2) is 5.75. The van der Waals surface area contributed by atoms with Crippen LogP contribution in [0.5, 0.6) is 0 Å². The molecule has 1 saturated heterocycles. The number of benzene rings is 1. The van der Waals surface area contributed by atoms with Crippen LogP contribution < -0.4 is 0 Å². The fourth-order valence-electron chi connectivity index (χ4n) is 2.39. The molecule has 0 aromatic heterocycles. The van der Waals surface area contributed by atoms with E-state index >= 15 is 0 Å². The van der Waals surface area contributed by atoms with Gasteiger partial charge in [-0.1, -0.05) is 12.1 Å². The molecule has 1 aromatic rings. The molecule has 0 aliphatic carbocycles. The first-order chi connectivity index (χ1) is 9.23. The minimum atomic E-state index is -3.40. The van der Waals surface area contributed by atoms with Gasteiger partial charge >= 0.3 is 0 Å². The zero-order valence-electron chi connectivity index (χ0n) is 12.1. The van der Waals surface area contributed by atoms with Crippen molar-refractivity contribution in [2.24, 2.45) is 0 Å². The van der Waals surface area contributed by atoms with Gasteiger partial charge in [0.15, 0.2) is 0 Å². The van der Waals surface area contributed by atoms with Crippen molar-refractivity contribution >= 4 is 26.0 Å². The minimum Gasteiger partial charge on any atom is -0.296 e. The van der Waals surface area contributed by atoms with E-state index in [1.165, 1.54) is 0 Å². The molecule has 0 radical (unpaired) electrons. The Hall–Kier alpha value is -0.430. The van der Waals surface area contributed by atoms with Gasteiger partial charge in [0.1, 0.15) is 0 Å². The van der Waals surface area contributed by atoms with Crippen molar-refractivity contribution < 1.29 is 8.42 Å². The van der Waals surface area contributed by atoms with E-state index in [-0.39, 0.29) is 5.54 Å². The Labute approximate surface area is 129 Å². The molecule has 0 atom stereocenters. The Kier molecular flexibility index (Phi) is 4.59. The largest absolute Gasteiger partial charge is 0.296 e. The van der Waals surface area contributed by atoms with Crippen LogP contribution in [-0.4, -0.2) is 49.3 Å². The van der Waals surface area contributed by atoms with Crippen molar-refractivity contribution in [2.75, 3.05) is 26.2 Å². The molecule has 2 rings (SSSR count). The third kappa shape index (κ3) is 3.24.